The molecule has 0 bridgehead atoms. The maximum atomic E-state index is 13.8. The number of methoxy groups -OCH3 is 1. The molecular weight excluding hydrogens is 643 g/mol. The number of rotatable bonds is 12. The van der Waals surface area contributed by atoms with Gasteiger partial charge < -0.3 is 25.0 Å². The molecule has 1 unspecified atom stereocenters. The van der Waals surface area contributed by atoms with Gasteiger partial charge in [-0.1, -0.05) is 25.1 Å². The smallest absolute Gasteiger partial charge is 0.497 e. The maximum Gasteiger partial charge on any atom is 0.527 e. The molecule has 0 aliphatic carbocycles. The number of phosphoric ester groups is 1. The molecule has 0 spiro atoms. The molecule has 0 radical (unpaired) electrons. The molecule has 2 aromatic carbocycles. The number of anilines is 1. The van der Waals surface area contributed by atoms with Gasteiger partial charge in [-0.05, 0) is 61.7 Å². The van der Waals surface area contributed by atoms with Gasteiger partial charge in [-0.2, -0.15) is 0 Å². The van der Waals surface area contributed by atoms with Gasteiger partial charge in [-0.15, -0.1) is 0 Å². The quantitative estimate of drug-likeness (QED) is 0.139. The minimum absolute atomic E-state index is 0.0250. The minimum atomic E-state index is -5.06. The van der Waals surface area contributed by atoms with Crippen LogP contribution < -0.4 is 26.1 Å². The van der Waals surface area contributed by atoms with E-state index in [1.807, 2.05) is 6.07 Å². The number of hydrogen-bond donors (Lipinski definition) is 4. The number of nitrogens with zero attached hydrogens (tertiary/aromatic N) is 4. The first-order valence-electron chi connectivity index (χ1n) is 14.6. The van der Waals surface area contributed by atoms with E-state index in [9.17, 15) is 18.9 Å². The van der Waals surface area contributed by atoms with E-state index in [1.165, 1.54) is 10.9 Å². The highest BCUT2D eigenvalue weighted by molar-refractivity contribution is 7.46. The van der Waals surface area contributed by atoms with Gasteiger partial charge in [-0.3, -0.25) is 29.0 Å². The fraction of sp³-hybridized carbons (Fsp3) is 0.219. The number of carbonyl (C=O) groups excluding carboxylic acids is 2. The molecule has 250 valence electrons. The molecule has 3 heterocycles. The van der Waals surface area contributed by atoms with Crippen molar-refractivity contribution in [2.75, 3.05) is 12.4 Å². The van der Waals surface area contributed by atoms with Crippen LogP contribution in [0.5, 0.6) is 17.2 Å². The summed E-state index contributed by atoms with van der Waals surface area (Å²) in [5.74, 6) is -0.539. The van der Waals surface area contributed by atoms with Crippen molar-refractivity contribution in [1.29, 1.82) is 0 Å². The van der Waals surface area contributed by atoms with Crippen LogP contribution in [0.25, 0.3) is 16.6 Å². The van der Waals surface area contributed by atoms with Crippen molar-refractivity contribution in [3.63, 3.8) is 0 Å². The number of carbonyl (C=O) groups is 2. The van der Waals surface area contributed by atoms with Crippen LogP contribution in [-0.4, -0.2) is 54.1 Å². The number of aromatic nitrogens is 4. The van der Waals surface area contributed by atoms with Gasteiger partial charge in [0, 0.05) is 24.2 Å². The number of para-hydroxylation sites is 1. The topological polar surface area (TPSA) is 210 Å². The fourth-order valence-electron chi connectivity index (χ4n) is 5.18. The molecule has 5 rings (SSSR count). The SMILES string of the molecule is COc1ccc2c(Oc3ccc(NC(=O)c4c(C)n(C[C@@H](C)CC(N)C(=O)OP(=O)(O)O)n(-c5ccccc5)c4=O)nc3)ccnc2c1. The number of fused-ring (bicyclic) bond motifs is 1. The molecule has 1 amide bonds. The summed E-state index contributed by atoms with van der Waals surface area (Å²) in [5, 5.41) is 3.44. The molecule has 3 aromatic heterocycles. The molecule has 2 atom stereocenters. The number of nitrogens with two attached hydrogens (primary N) is 1. The van der Waals surface area contributed by atoms with E-state index in [0.29, 0.717) is 34.1 Å². The molecular formula is C32H33N6O9P. The Morgan fingerprint density at radius 1 is 1.04 bits per heavy atom. The zero-order chi connectivity index (χ0) is 34.6. The van der Waals surface area contributed by atoms with E-state index >= 15 is 0 Å². The van der Waals surface area contributed by atoms with E-state index in [0.717, 1.165) is 5.39 Å². The van der Waals surface area contributed by atoms with E-state index in [2.05, 4.69) is 19.8 Å². The Hall–Kier alpha value is -5.34. The second-order valence-electron chi connectivity index (χ2n) is 11.0. The Labute approximate surface area is 274 Å². The standard InChI is InChI=1S/C32H33N6O9P/c1-19(15-25(33)32(41)47-48(42,43)44)18-37-20(2)29(31(40)38(37)21-7-5-4-6-8-21)30(39)36-28-12-10-23(17-35-28)46-27-13-14-34-26-16-22(45-3)9-11-24(26)27/h4-14,16-17,19,25H,15,18,33H2,1-3H3,(H,35,36,39)(H2,42,43,44)/t19-,25?/m0/s1. The van der Waals surface area contributed by atoms with Crippen LogP contribution in [0.2, 0.25) is 0 Å². The molecule has 16 heteroatoms. The van der Waals surface area contributed by atoms with Gasteiger partial charge in [0.15, 0.2) is 0 Å². The molecule has 5 aromatic rings. The third-order valence-electron chi connectivity index (χ3n) is 7.39. The number of amides is 1. The summed E-state index contributed by atoms with van der Waals surface area (Å²) in [5.41, 5.74) is 6.64. The van der Waals surface area contributed by atoms with E-state index < -0.39 is 37.2 Å². The molecule has 0 aliphatic heterocycles. The normalized spacial score (nSPS) is 12.7. The van der Waals surface area contributed by atoms with Crippen molar-refractivity contribution in [3.8, 4) is 22.9 Å². The van der Waals surface area contributed by atoms with Crippen molar-refractivity contribution < 1.29 is 37.9 Å². The van der Waals surface area contributed by atoms with Gasteiger partial charge in [0.2, 0.25) is 0 Å². The predicted octanol–water partition coefficient (Wildman–Crippen LogP) is 3.93. The number of hydrogen-bond acceptors (Lipinski definition) is 10. The third-order valence-corrected chi connectivity index (χ3v) is 7.81. The highest BCUT2D eigenvalue weighted by Gasteiger charge is 2.29. The Kier molecular flexibility index (Phi) is 10.1. The molecule has 5 N–H and O–H groups in total. The number of nitrogens with one attached hydrogen (secondary N) is 1. The number of ether oxygens (including phenoxy) is 2. The summed E-state index contributed by atoms with van der Waals surface area (Å²) in [6, 6.07) is 17.7. The minimum Gasteiger partial charge on any atom is -0.497 e. The Bertz CT molecular complexity index is 2060. The van der Waals surface area contributed by atoms with Crippen LogP contribution in [0, 0.1) is 12.8 Å². The lowest BCUT2D eigenvalue weighted by Crippen LogP contribution is -2.35. The van der Waals surface area contributed by atoms with Crippen LogP contribution in [0.15, 0.2) is 83.9 Å². The van der Waals surface area contributed by atoms with Crippen LogP contribution >= 0.6 is 7.82 Å². The summed E-state index contributed by atoms with van der Waals surface area (Å²) in [6.07, 6.45) is 3.03. The van der Waals surface area contributed by atoms with Crippen LogP contribution in [-0.2, 0) is 20.4 Å². The monoisotopic (exact) mass is 676 g/mol. The van der Waals surface area contributed by atoms with Crippen molar-refractivity contribution in [2.24, 2.45) is 11.7 Å². The predicted molar refractivity (Wildman–Crippen MR) is 175 cm³/mol. The second kappa shape index (κ2) is 14.2. The van der Waals surface area contributed by atoms with Gasteiger partial charge in [-0.25, -0.2) is 19.0 Å². The van der Waals surface area contributed by atoms with E-state index in [4.69, 9.17) is 25.0 Å². The Balaban J connectivity index is 1.36. The van der Waals surface area contributed by atoms with Crippen molar-refractivity contribution >= 4 is 36.4 Å². The van der Waals surface area contributed by atoms with Crippen molar-refractivity contribution in [3.05, 3.63) is 101 Å². The maximum absolute atomic E-state index is 13.8. The Morgan fingerprint density at radius 2 is 1.77 bits per heavy atom. The first-order chi connectivity index (χ1) is 22.8. The number of benzene rings is 2. The molecule has 0 aliphatic rings. The zero-order valence-corrected chi connectivity index (χ0v) is 27.0. The van der Waals surface area contributed by atoms with Crippen LogP contribution in [0.1, 0.15) is 29.4 Å². The van der Waals surface area contributed by atoms with Gasteiger partial charge in [0.25, 0.3) is 11.5 Å². The number of pyridine rings is 2. The number of phosphoric acid groups is 1. The highest BCUT2D eigenvalue weighted by atomic mass is 31.2. The van der Waals surface area contributed by atoms with Gasteiger partial charge in [0.1, 0.15) is 34.7 Å². The molecule has 15 nitrogen and oxygen atoms in total. The fourth-order valence-corrected chi connectivity index (χ4v) is 5.55. The van der Waals surface area contributed by atoms with Gasteiger partial charge in [0.05, 0.1) is 30.2 Å². The molecule has 0 fully saturated rings. The molecule has 0 saturated heterocycles. The first kappa shape index (κ1) is 34.0. The Morgan fingerprint density at radius 3 is 2.44 bits per heavy atom. The lowest BCUT2D eigenvalue weighted by atomic mass is 10.0. The van der Waals surface area contributed by atoms with Crippen LogP contribution in [0.4, 0.5) is 5.82 Å². The second-order valence-corrected chi connectivity index (χ2v) is 12.1. The van der Waals surface area contributed by atoms with Gasteiger partial charge >= 0.3 is 13.8 Å². The highest BCUT2D eigenvalue weighted by Crippen LogP contribution is 2.36. The van der Waals surface area contributed by atoms with Crippen molar-refractivity contribution in [2.45, 2.75) is 32.9 Å². The summed E-state index contributed by atoms with van der Waals surface area (Å²) in [4.78, 5) is 65.8. The average molecular weight is 677 g/mol. The van der Waals surface area contributed by atoms with E-state index in [-0.39, 0.29) is 24.3 Å². The summed E-state index contributed by atoms with van der Waals surface area (Å²) < 4.78 is 29.4. The lowest BCUT2D eigenvalue weighted by molar-refractivity contribution is -0.137. The third kappa shape index (κ3) is 7.78. The van der Waals surface area contributed by atoms with Crippen LogP contribution in [0.3, 0.4) is 0 Å². The van der Waals surface area contributed by atoms with Crippen molar-refractivity contribution in [1.82, 2.24) is 19.3 Å². The van der Waals surface area contributed by atoms with E-state index in [1.54, 1.807) is 92.5 Å². The summed E-state index contributed by atoms with van der Waals surface area (Å²) in [7, 11) is -3.48. The summed E-state index contributed by atoms with van der Waals surface area (Å²) in [6.45, 7) is 3.48. The summed E-state index contributed by atoms with van der Waals surface area (Å²) >= 11 is 0. The molecule has 48 heavy (non-hydrogen) atoms. The molecule has 0 saturated carbocycles. The zero-order valence-electron chi connectivity index (χ0n) is 26.1. The first-order valence-corrected chi connectivity index (χ1v) is 16.2. The lowest BCUT2D eigenvalue weighted by Gasteiger charge is -2.20. The average Bonchev–Trinajstić information content (AvgIpc) is 3.29. The largest absolute Gasteiger partial charge is 0.527 e.